The van der Waals surface area contributed by atoms with E-state index in [1.54, 1.807) is 22.3 Å². The smallest absolute Gasteiger partial charge is 0.250 e. The van der Waals surface area contributed by atoms with Crippen molar-refractivity contribution in [2.75, 3.05) is 19.7 Å². The van der Waals surface area contributed by atoms with Gasteiger partial charge in [0.25, 0.3) is 5.88 Å². The lowest BCUT2D eigenvalue weighted by atomic mass is 9.84. The highest BCUT2D eigenvalue weighted by Gasteiger charge is 2.49. The quantitative estimate of drug-likeness (QED) is 0.772. The van der Waals surface area contributed by atoms with Gasteiger partial charge in [-0.1, -0.05) is 6.07 Å². The van der Waals surface area contributed by atoms with Crippen LogP contribution in [0.2, 0.25) is 0 Å². The van der Waals surface area contributed by atoms with Gasteiger partial charge in [-0.2, -0.15) is 0 Å². The Bertz CT molecular complexity index is 803. The average Bonchev–Trinajstić information content (AvgIpc) is 3.13. The first-order valence-corrected chi connectivity index (χ1v) is 9.43. The summed E-state index contributed by atoms with van der Waals surface area (Å²) in [7, 11) is 0. The molecular weight excluding hydrogens is 355 g/mol. The van der Waals surface area contributed by atoms with E-state index < -0.39 is 5.82 Å². The first kappa shape index (κ1) is 17.2. The number of thiophene rings is 1. The minimum absolute atomic E-state index is 0.0218. The van der Waals surface area contributed by atoms with E-state index in [0.717, 1.165) is 4.88 Å². The number of nitrogens with zero attached hydrogens (tertiary/aromatic N) is 2. The molecule has 0 bridgehead atoms. The average molecular weight is 374 g/mol. The van der Waals surface area contributed by atoms with Gasteiger partial charge >= 0.3 is 0 Å². The number of halogens is 1. The van der Waals surface area contributed by atoms with Crippen LogP contribution in [0.1, 0.15) is 17.7 Å². The van der Waals surface area contributed by atoms with Gasteiger partial charge in [0.1, 0.15) is 11.7 Å². The fourth-order valence-corrected chi connectivity index (χ4v) is 3.99. The predicted octanol–water partition coefficient (Wildman–Crippen LogP) is 3.13. The number of likely N-dealkylation sites (tertiary alicyclic amines) is 1. The summed E-state index contributed by atoms with van der Waals surface area (Å²) in [6.45, 7) is 1.60. The third kappa shape index (κ3) is 3.64. The van der Waals surface area contributed by atoms with Crippen LogP contribution in [-0.2, 0) is 9.53 Å². The van der Waals surface area contributed by atoms with E-state index in [2.05, 4.69) is 4.98 Å². The number of aromatic nitrogens is 1. The molecule has 2 aromatic rings. The molecule has 136 valence electrons. The van der Waals surface area contributed by atoms with Gasteiger partial charge in [-0.3, -0.25) is 4.79 Å². The van der Waals surface area contributed by atoms with E-state index in [-0.39, 0.29) is 23.5 Å². The molecule has 1 amide bonds. The lowest BCUT2D eigenvalue weighted by Gasteiger charge is -2.52. The van der Waals surface area contributed by atoms with Gasteiger partial charge in [-0.05, 0) is 29.7 Å². The van der Waals surface area contributed by atoms with Gasteiger partial charge in [-0.25, -0.2) is 9.37 Å². The Morgan fingerprint density at radius 1 is 1.42 bits per heavy atom. The van der Waals surface area contributed by atoms with Crippen LogP contribution in [0, 0.1) is 5.82 Å². The van der Waals surface area contributed by atoms with Crippen molar-refractivity contribution in [2.45, 2.75) is 24.5 Å². The molecule has 0 aliphatic carbocycles. The van der Waals surface area contributed by atoms with E-state index in [1.165, 1.54) is 18.3 Å². The van der Waals surface area contributed by atoms with Crippen molar-refractivity contribution in [1.82, 2.24) is 9.88 Å². The minimum atomic E-state index is -0.461. The molecule has 2 aromatic heterocycles. The summed E-state index contributed by atoms with van der Waals surface area (Å²) in [5.74, 6) is -0.454. The highest BCUT2D eigenvalue weighted by Crippen LogP contribution is 2.36. The van der Waals surface area contributed by atoms with E-state index in [4.69, 9.17) is 9.47 Å². The zero-order chi connectivity index (χ0) is 18.0. The maximum Gasteiger partial charge on any atom is 0.250 e. The van der Waals surface area contributed by atoms with Crippen LogP contribution >= 0.6 is 11.3 Å². The Hall–Kier alpha value is -2.25. The van der Waals surface area contributed by atoms with E-state index in [0.29, 0.717) is 32.5 Å². The number of rotatable bonds is 4. The molecule has 2 aliphatic rings. The molecule has 0 unspecified atom stereocenters. The van der Waals surface area contributed by atoms with Gasteiger partial charge in [0.2, 0.25) is 5.91 Å². The summed E-state index contributed by atoms with van der Waals surface area (Å²) in [6, 6.07) is 6.79. The molecular formula is C19H19FN2O3S. The summed E-state index contributed by atoms with van der Waals surface area (Å²) in [5, 5.41) is 1.98. The lowest BCUT2D eigenvalue weighted by molar-refractivity contribution is -0.190. The van der Waals surface area contributed by atoms with Gasteiger partial charge in [0.05, 0.1) is 19.7 Å². The number of carbonyl (C=O) groups excluding carboxylic acids is 1. The van der Waals surface area contributed by atoms with Crippen molar-refractivity contribution in [3.8, 4) is 5.88 Å². The first-order valence-electron chi connectivity index (χ1n) is 8.55. The highest BCUT2D eigenvalue weighted by molar-refractivity contribution is 7.10. The number of amides is 1. The fourth-order valence-electron chi connectivity index (χ4n) is 3.37. The lowest BCUT2D eigenvalue weighted by Crippen LogP contribution is -2.67. The Morgan fingerprint density at radius 3 is 3.08 bits per heavy atom. The molecule has 4 heterocycles. The molecule has 1 spiro atoms. The Labute approximate surface area is 155 Å². The topological polar surface area (TPSA) is 51.7 Å². The van der Waals surface area contributed by atoms with Crippen molar-refractivity contribution >= 4 is 23.3 Å². The summed E-state index contributed by atoms with van der Waals surface area (Å²) in [6.07, 6.45) is 6.09. The summed E-state index contributed by atoms with van der Waals surface area (Å²) < 4.78 is 25.4. The van der Waals surface area contributed by atoms with Gasteiger partial charge in [0.15, 0.2) is 5.82 Å². The molecule has 0 radical (unpaired) electrons. The third-order valence-electron chi connectivity index (χ3n) is 4.65. The van der Waals surface area contributed by atoms with Crippen LogP contribution in [0.4, 0.5) is 4.39 Å². The Balaban J connectivity index is 1.33. The molecule has 26 heavy (non-hydrogen) atoms. The number of hydrogen-bond acceptors (Lipinski definition) is 5. The SMILES string of the molecule is O=C(/C=C/c1cccs1)N1CC2(C[C@@H](Oc3ncccc3F)CCO2)C1. The zero-order valence-corrected chi connectivity index (χ0v) is 15.0. The Kier molecular flexibility index (Phi) is 4.74. The third-order valence-corrected chi connectivity index (χ3v) is 5.49. The van der Waals surface area contributed by atoms with Crippen molar-refractivity contribution in [3.63, 3.8) is 0 Å². The van der Waals surface area contributed by atoms with Crippen LogP contribution in [0.5, 0.6) is 5.88 Å². The van der Waals surface area contributed by atoms with E-state index in [1.807, 2.05) is 23.6 Å². The molecule has 0 saturated carbocycles. The summed E-state index contributed by atoms with van der Waals surface area (Å²) >= 11 is 1.59. The number of ether oxygens (including phenoxy) is 2. The standard InChI is InChI=1S/C19H19FN2O3S/c20-16-4-1-8-21-18(16)25-14-7-9-24-19(11-14)12-22(13-19)17(23)6-5-15-3-2-10-26-15/h1-6,8,10,14H,7,9,11-13H2/b6-5+/t14-/m0/s1. The molecule has 0 N–H and O–H groups in total. The molecule has 2 saturated heterocycles. The normalized spacial score (nSPS) is 21.7. The van der Waals surface area contributed by atoms with E-state index >= 15 is 0 Å². The molecule has 5 nitrogen and oxygen atoms in total. The number of hydrogen-bond donors (Lipinski definition) is 0. The maximum absolute atomic E-state index is 13.7. The second kappa shape index (κ2) is 7.17. The number of carbonyl (C=O) groups is 1. The van der Waals surface area contributed by atoms with Crippen LogP contribution in [0.15, 0.2) is 41.9 Å². The van der Waals surface area contributed by atoms with Gasteiger partial charge in [-0.15, -0.1) is 11.3 Å². The highest BCUT2D eigenvalue weighted by atomic mass is 32.1. The van der Waals surface area contributed by atoms with Crippen LogP contribution < -0.4 is 4.74 Å². The van der Waals surface area contributed by atoms with Gasteiger partial charge < -0.3 is 14.4 Å². The molecule has 1 atom stereocenters. The monoisotopic (exact) mass is 374 g/mol. The van der Waals surface area contributed by atoms with Crippen LogP contribution in [0.25, 0.3) is 6.08 Å². The molecule has 0 aromatic carbocycles. The fraction of sp³-hybridized carbons (Fsp3) is 0.368. The molecule has 7 heteroatoms. The Morgan fingerprint density at radius 2 is 2.31 bits per heavy atom. The minimum Gasteiger partial charge on any atom is -0.472 e. The maximum atomic E-state index is 13.7. The second-order valence-corrected chi connectivity index (χ2v) is 7.58. The first-order chi connectivity index (χ1) is 12.6. The van der Waals surface area contributed by atoms with Crippen molar-refractivity contribution in [1.29, 1.82) is 0 Å². The van der Waals surface area contributed by atoms with Gasteiger partial charge in [0, 0.05) is 30.0 Å². The van der Waals surface area contributed by atoms with Crippen molar-refractivity contribution in [2.24, 2.45) is 0 Å². The van der Waals surface area contributed by atoms with Crippen LogP contribution in [-0.4, -0.2) is 47.2 Å². The zero-order valence-electron chi connectivity index (χ0n) is 14.1. The predicted molar refractivity (Wildman–Crippen MR) is 96.5 cm³/mol. The molecule has 4 rings (SSSR count). The number of pyridine rings is 1. The van der Waals surface area contributed by atoms with Crippen LogP contribution in [0.3, 0.4) is 0 Å². The second-order valence-electron chi connectivity index (χ2n) is 6.60. The van der Waals surface area contributed by atoms with E-state index in [9.17, 15) is 9.18 Å². The molecule has 2 aliphatic heterocycles. The summed E-state index contributed by atoms with van der Waals surface area (Å²) in [4.78, 5) is 19.0. The molecule has 2 fully saturated rings. The van der Waals surface area contributed by atoms with Crippen molar-refractivity contribution in [3.05, 3.63) is 52.6 Å². The summed E-state index contributed by atoms with van der Waals surface area (Å²) in [5.41, 5.74) is -0.388. The van der Waals surface area contributed by atoms with Crippen molar-refractivity contribution < 1.29 is 18.7 Å². The largest absolute Gasteiger partial charge is 0.472 e.